The van der Waals surface area contributed by atoms with Gasteiger partial charge in [-0.3, -0.25) is 0 Å². The van der Waals surface area contributed by atoms with Gasteiger partial charge in [-0.05, 0) is 58.3 Å². The first-order valence-electron chi connectivity index (χ1n) is 14.9. The summed E-state index contributed by atoms with van der Waals surface area (Å²) in [6.07, 6.45) is 4.59. The molecule has 13 heteroatoms. The van der Waals surface area contributed by atoms with Crippen LogP contribution in [-0.2, 0) is 26.8 Å². The summed E-state index contributed by atoms with van der Waals surface area (Å²) in [6, 6.07) is 25.7. The number of aromatic nitrogens is 1. The van der Waals surface area contributed by atoms with Crippen LogP contribution < -0.4 is 14.2 Å². The first-order chi connectivity index (χ1) is 22.5. The molecule has 0 radical (unpaired) electrons. The standard InChI is InChI=1S/C34H32N2O7S4/c1-2-24(20-33-35(16-19-47(40,41)42)28-22-26(11-13-30(28)43-33)25-8-4-3-5-9-25)21-34-36(15-7-18-46(37,38)39)29-23-27(12-14-32(29)45-34)31-10-6-17-44-31/h3-6,8-14,17,20-23H,2,7,15-16,18-19H2,1H3,(H-,37,38,39,40,41,42)/p-1. The third kappa shape index (κ3) is 8.00. The molecule has 1 aliphatic rings. The normalized spacial score (nSPS) is 14.6. The number of ether oxygens (including phenoxy) is 1. The molecule has 2 aromatic heterocycles. The van der Waals surface area contributed by atoms with E-state index in [0.717, 1.165) is 42.4 Å². The minimum absolute atomic E-state index is 0.0854. The fraction of sp³-hybridized carbons (Fsp3) is 0.206. The molecule has 0 aliphatic carbocycles. The topological polar surface area (TPSA) is 131 Å². The van der Waals surface area contributed by atoms with Gasteiger partial charge in [0.2, 0.25) is 11.4 Å². The number of hydrogen-bond acceptors (Lipinski definition) is 10. The lowest BCUT2D eigenvalue weighted by Crippen LogP contribution is -2.36. The number of aryl methyl sites for hydroxylation is 1. The number of benzene rings is 3. The summed E-state index contributed by atoms with van der Waals surface area (Å²) in [5.41, 5.74) is 5.40. The van der Waals surface area contributed by atoms with E-state index in [1.165, 1.54) is 0 Å². The Morgan fingerprint density at radius 1 is 0.894 bits per heavy atom. The average Bonchev–Trinajstić information content (AvgIpc) is 3.77. The van der Waals surface area contributed by atoms with E-state index in [0.29, 0.717) is 30.3 Å². The lowest BCUT2D eigenvalue weighted by molar-refractivity contribution is -0.668. The highest BCUT2D eigenvalue weighted by Crippen LogP contribution is 2.42. The second-order valence-electron chi connectivity index (χ2n) is 11.0. The van der Waals surface area contributed by atoms with E-state index in [9.17, 15) is 25.9 Å². The number of hydrogen-bond donors (Lipinski definition) is 0. The van der Waals surface area contributed by atoms with Gasteiger partial charge in [0.15, 0.2) is 12.3 Å². The van der Waals surface area contributed by atoms with Gasteiger partial charge in [-0.15, -0.1) is 11.3 Å². The number of allylic oxidation sites excluding steroid dienone is 2. The number of nitrogens with zero attached hydrogens (tertiary/aromatic N) is 2. The molecule has 0 bridgehead atoms. The van der Waals surface area contributed by atoms with Crippen LogP contribution >= 0.6 is 22.7 Å². The van der Waals surface area contributed by atoms with Crippen molar-refractivity contribution in [2.75, 3.05) is 23.0 Å². The van der Waals surface area contributed by atoms with Crippen LogP contribution in [0.15, 0.2) is 102 Å². The molecule has 1 aliphatic heterocycles. The van der Waals surface area contributed by atoms with Crippen molar-refractivity contribution in [1.29, 1.82) is 0 Å². The molecule has 0 saturated heterocycles. The van der Waals surface area contributed by atoms with Gasteiger partial charge in [-0.2, -0.15) is 4.57 Å². The van der Waals surface area contributed by atoms with E-state index in [4.69, 9.17) is 4.74 Å². The molecule has 5 aromatic rings. The fourth-order valence-corrected chi connectivity index (χ4v) is 8.21. The largest absolute Gasteiger partial charge is 0.748 e. The Labute approximate surface area is 282 Å². The molecule has 0 atom stereocenters. The Hall–Kier alpha value is -3.85. The summed E-state index contributed by atoms with van der Waals surface area (Å²) in [5, 5.41) is 2.87. The quantitative estimate of drug-likeness (QED) is 0.105. The molecule has 0 amide bonds. The van der Waals surface area contributed by atoms with Crippen LogP contribution in [0.25, 0.3) is 37.9 Å². The number of thiazole rings is 1. The van der Waals surface area contributed by atoms with Crippen LogP contribution in [-0.4, -0.2) is 44.0 Å². The van der Waals surface area contributed by atoms with E-state index in [1.54, 1.807) is 27.6 Å². The van der Waals surface area contributed by atoms with Crippen molar-refractivity contribution in [3.63, 3.8) is 0 Å². The predicted molar refractivity (Wildman–Crippen MR) is 185 cm³/mol. The van der Waals surface area contributed by atoms with E-state index in [-0.39, 0.29) is 13.0 Å². The lowest BCUT2D eigenvalue weighted by Gasteiger charge is -2.20. The van der Waals surface area contributed by atoms with Gasteiger partial charge in [0.25, 0.3) is 5.01 Å². The summed E-state index contributed by atoms with van der Waals surface area (Å²) in [4.78, 5) is 2.82. The molecule has 9 nitrogen and oxygen atoms in total. The van der Waals surface area contributed by atoms with Crippen LogP contribution in [0.2, 0.25) is 0 Å². The first kappa shape index (κ1) is 33.1. The maximum atomic E-state index is 11.7. The molecule has 244 valence electrons. The Bertz CT molecular complexity index is 2190. The molecule has 0 unspecified atom stereocenters. The van der Waals surface area contributed by atoms with E-state index in [2.05, 4.69) is 12.1 Å². The average molecular weight is 708 g/mol. The van der Waals surface area contributed by atoms with Crippen LogP contribution in [0.4, 0.5) is 5.69 Å². The van der Waals surface area contributed by atoms with Gasteiger partial charge >= 0.3 is 0 Å². The van der Waals surface area contributed by atoms with Gasteiger partial charge in [-0.1, -0.05) is 66.8 Å². The molecular weight excluding hydrogens is 677 g/mol. The summed E-state index contributed by atoms with van der Waals surface area (Å²) >= 11 is 3.18. The zero-order valence-electron chi connectivity index (χ0n) is 25.4. The molecule has 0 spiro atoms. The van der Waals surface area contributed by atoms with Crippen molar-refractivity contribution in [2.24, 2.45) is 0 Å². The monoisotopic (exact) mass is 707 g/mol. The number of anilines is 1. The first-order valence-corrected chi connectivity index (χ1v) is 19.8. The number of thiophene rings is 1. The van der Waals surface area contributed by atoms with E-state index >= 15 is 0 Å². The molecule has 3 heterocycles. The molecule has 0 saturated carbocycles. The molecule has 3 aromatic carbocycles. The van der Waals surface area contributed by atoms with Crippen molar-refractivity contribution < 1.29 is 35.2 Å². The van der Waals surface area contributed by atoms with Gasteiger partial charge in [0.1, 0.15) is 4.70 Å². The Morgan fingerprint density at radius 2 is 1.66 bits per heavy atom. The van der Waals surface area contributed by atoms with Gasteiger partial charge in [0.05, 0.1) is 31.7 Å². The van der Waals surface area contributed by atoms with Crippen molar-refractivity contribution in [2.45, 2.75) is 26.3 Å². The Balaban J connectivity index is 1.40. The Morgan fingerprint density at radius 3 is 2.36 bits per heavy atom. The van der Waals surface area contributed by atoms with E-state index in [1.807, 2.05) is 95.8 Å². The second-order valence-corrected chi connectivity index (χ2v) is 16.0. The van der Waals surface area contributed by atoms with Crippen molar-refractivity contribution >= 4 is 64.9 Å². The summed E-state index contributed by atoms with van der Waals surface area (Å²) in [6.45, 7) is 2.23. The number of fused-ring (bicyclic) bond motifs is 2. The second kappa shape index (κ2) is 13.7. The minimum atomic E-state index is -4.50. The smallest absolute Gasteiger partial charge is 0.263 e. The third-order valence-corrected chi connectivity index (χ3v) is 11.2. The minimum Gasteiger partial charge on any atom is -0.748 e. The zero-order chi connectivity index (χ0) is 33.2. The molecule has 0 N–H and O–H groups in total. The Kier molecular flexibility index (Phi) is 9.65. The predicted octanol–water partition coefficient (Wildman–Crippen LogP) is 6.60. The highest BCUT2D eigenvalue weighted by molar-refractivity contribution is 7.85. The van der Waals surface area contributed by atoms with Gasteiger partial charge in [0, 0.05) is 41.8 Å². The molecule has 47 heavy (non-hydrogen) atoms. The molecule has 6 rings (SSSR count). The van der Waals surface area contributed by atoms with Crippen LogP contribution in [0.3, 0.4) is 0 Å². The van der Waals surface area contributed by atoms with Crippen LogP contribution in [0.1, 0.15) is 24.8 Å². The van der Waals surface area contributed by atoms with Crippen molar-refractivity contribution in [3.05, 3.63) is 107 Å². The maximum absolute atomic E-state index is 11.7. The lowest BCUT2D eigenvalue weighted by atomic mass is 10.0. The highest BCUT2D eigenvalue weighted by Gasteiger charge is 2.28. The van der Waals surface area contributed by atoms with Crippen molar-refractivity contribution in [3.8, 4) is 27.3 Å². The third-order valence-electron chi connectivity index (χ3n) is 7.74. The van der Waals surface area contributed by atoms with Gasteiger partial charge in [-0.25, -0.2) is 16.8 Å². The number of rotatable bonds is 12. The maximum Gasteiger partial charge on any atom is 0.263 e. The SMILES string of the molecule is CCC(/C=C1\Oc2ccc(-c3ccccc3)cc2N1CCS(=O)(=O)[O-])=C\c1sc2ccc(-c3cccs3)cc2[n+]1CCCS(=O)(=O)[O-]. The van der Waals surface area contributed by atoms with Crippen molar-refractivity contribution in [1.82, 2.24) is 0 Å². The highest BCUT2D eigenvalue weighted by atomic mass is 32.2. The van der Waals surface area contributed by atoms with E-state index < -0.39 is 31.7 Å². The summed E-state index contributed by atoms with van der Waals surface area (Å²) < 4.78 is 78.6. The van der Waals surface area contributed by atoms with Crippen LogP contribution in [0, 0.1) is 0 Å². The fourth-order valence-electron chi connectivity index (χ4n) is 5.45. The summed E-state index contributed by atoms with van der Waals surface area (Å²) in [5.74, 6) is -0.123. The summed E-state index contributed by atoms with van der Waals surface area (Å²) in [7, 11) is -8.87. The zero-order valence-corrected chi connectivity index (χ0v) is 28.6. The van der Waals surface area contributed by atoms with Gasteiger partial charge < -0.3 is 18.7 Å². The molecule has 0 fully saturated rings. The van der Waals surface area contributed by atoms with Crippen LogP contribution in [0.5, 0.6) is 5.75 Å². The molecular formula is C34H31N2O7S4-.